The van der Waals surface area contributed by atoms with Gasteiger partial charge >= 0.3 is 12.1 Å². The number of anilines is 1. The second-order valence-corrected chi connectivity index (χ2v) is 11.2. The Balaban J connectivity index is 1.52. The van der Waals surface area contributed by atoms with Gasteiger partial charge in [0.25, 0.3) is 0 Å². The highest BCUT2D eigenvalue weighted by Crippen LogP contribution is 2.47. The summed E-state index contributed by atoms with van der Waals surface area (Å²) in [5.74, 6) is -0.952. The molecule has 1 saturated heterocycles. The highest BCUT2D eigenvalue weighted by molar-refractivity contribution is 8.02. The summed E-state index contributed by atoms with van der Waals surface area (Å²) in [6.45, 7) is 3.30. The van der Waals surface area contributed by atoms with E-state index in [4.69, 9.17) is 16.3 Å². The Bertz CT molecular complexity index is 1090. The minimum absolute atomic E-state index is 0.0943. The first-order valence-corrected chi connectivity index (χ1v) is 12.6. The third-order valence-electron chi connectivity index (χ3n) is 6.11. The van der Waals surface area contributed by atoms with Crippen molar-refractivity contribution in [3.05, 3.63) is 40.0 Å². The number of nitrogens with zero attached hydrogens (tertiary/aromatic N) is 3. The smallest absolute Gasteiger partial charge is 0.409 e. The number of carboxylic acids is 1. The number of aromatic nitrogens is 1. The fraction of sp³-hybridized carbons (Fsp3) is 0.455. The van der Waals surface area contributed by atoms with E-state index in [1.807, 2.05) is 19.1 Å². The van der Waals surface area contributed by atoms with Gasteiger partial charge in [0.1, 0.15) is 10.3 Å². The lowest BCUT2D eigenvalue weighted by molar-refractivity contribution is -0.136. The summed E-state index contributed by atoms with van der Waals surface area (Å²) in [4.78, 5) is 44.5. The van der Waals surface area contributed by atoms with Crippen LogP contribution in [0.15, 0.2) is 28.6 Å². The molecule has 1 N–H and O–H groups in total. The van der Waals surface area contributed by atoms with Gasteiger partial charge in [0.15, 0.2) is 0 Å². The predicted molar refractivity (Wildman–Crippen MR) is 127 cm³/mol. The average Bonchev–Trinajstić information content (AvgIpc) is 3.50. The van der Waals surface area contributed by atoms with Gasteiger partial charge in [-0.25, -0.2) is 9.78 Å². The number of rotatable bonds is 6. The molecule has 2 aliphatic heterocycles. The van der Waals surface area contributed by atoms with Crippen LogP contribution in [-0.2, 0) is 26.2 Å². The van der Waals surface area contributed by atoms with Crippen LogP contribution in [0.5, 0.6) is 0 Å². The SMILES string of the molecule is CCC(Sc1cnc(CC(=O)N2CC3(CCN(C(=O)OC)C3)c3cc(Cl)ccc32)s1)C(=O)O. The third kappa shape index (κ3) is 4.69. The first-order valence-electron chi connectivity index (χ1n) is 10.5. The van der Waals surface area contributed by atoms with Crippen LogP contribution < -0.4 is 4.90 Å². The molecule has 2 aliphatic rings. The zero-order chi connectivity index (χ0) is 23.8. The zero-order valence-electron chi connectivity index (χ0n) is 18.2. The third-order valence-corrected chi connectivity index (χ3v) is 8.83. The number of benzene rings is 1. The summed E-state index contributed by atoms with van der Waals surface area (Å²) in [7, 11) is 1.36. The van der Waals surface area contributed by atoms with Gasteiger partial charge in [0.2, 0.25) is 5.91 Å². The summed E-state index contributed by atoms with van der Waals surface area (Å²) in [6.07, 6.45) is 2.59. The Hall–Kier alpha value is -2.30. The number of carboxylic acid groups (broad SMARTS) is 1. The maximum absolute atomic E-state index is 13.3. The maximum atomic E-state index is 13.3. The van der Waals surface area contributed by atoms with Crippen LogP contribution in [0.3, 0.4) is 0 Å². The van der Waals surface area contributed by atoms with E-state index < -0.39 is 11.2 Å². The van der Waals surface area contributed by atoms with Crippen LogP contribution in [0.2, 0.25) is 5.02 Å². The fourth-order valence-corrected chi connectivity index (χ4v) is 6.78. The minimum Gasteiger partial charge on any atom is -0.480 e. The fourth-order valence-electron chi connectivity index (χ4n) is 4.47. The molecule has 1 fully saturated rings. The van der Waals surface area contributed by atoms with Gasteiger partial charge in [-0.3, -0.25) is 9.59 Å². The van der Waals surface area contributed by atoms with Crippen molar-refractivity contribution in [3.8, 4) is 0 Å². The summed E-state index contributed by atoms with van der Waals surface area (Å²) in [5, 5.41) is 9.96. The number of aliphatic carboxylic acids is 1. The van der Waals surface area contributed by atoms with Crippen LogP contribution in [0.1, 0.15) is 30.3 Å². The molecular weight excluding hydrogens is 486 g/mol. The van der Waals surface area contributed by atoms with Crippen molar-refractivity contribution in [2.45, 2.75) is 41.1 Å². The van der Waals surface area contributed by atoms with E-state index in [-0.39, 0.29) is 23.8 Å². The Kier molecular flexibility index (Phi) is 6.88. The van der Waals surface area contributed by atoms with Gasteiger partial charge in [0.05, 0.1) is 23.9 Å². The Morgan fingerprint density at radius 1 is 1.36 bits per heavy atom. The molecule has 2 aromatic rings. The molecule has 33 heavy (non-hydrogen) atoms. The topological polar surface area (TPSA) is 100 Å². The van der Waals surface area contributed by atoms with Crippen molar-refractivity contribution in [1.29, 1.82) is 0 Å². The van der Waals surface area contributed by atoms with Crippen LogP contribution in [-0.4, -0.2) is 65.0 Å². The first kappa shape index (κ1) is 23.8. The number of ether oxygens (including phenoxy) is 1. The molecule has 1 aromatic carbocycles. The van der Waals surface area contributed by atoms with Crippen LogP contribution in [0.25, 0.3) is 0 Å². The standard InChI is InChI=1S/C22H24ClN3O5S2/c1-3-16(20(28)29)32-19-10-24-17(33-19)9-18(27)26-12-22(6-7-25(11-22)21(30)31-2)14-8-13(23)4-5-15(14)26/h4-5,8,10,16H,3,6-7,9,11-12H2,1-2H3,(H,28,29). The number of carbonyl (C=O) groups is 3. The number of carbonyl (C=O) groups excluding carboxylic acids is 2. The number of fused-ring (bicyclic) bond motifs is 2. The normalized spacial score (nSPS) is 20.2. The molecule has 3 heterocycles. The van der Waals surface area contributed by atoms with E-state index in [9.17, 15) is 19.5 Å². The van der Waals surface area contributed by atoms with Gasteiger partial charge < -0.3 is 19.6 Å². The summed E-state index contributed by atoms with van der Waals surface area (Å²) >= 11 is 8.89. The molecule has 11 heteroatoms. The number of likely N-dealkylation sites (tertiary alicyclic amines) is 1. The lowest BCUT2D eigenvalue weighted by atomic mass is 9.81. The lowest BCUT2D eigenvalue weighted by Gasteiger charge is -2.25. The van der Waals surface area contributed by atoms with E-state index in [2.05, 4.69) is 4.98 Å². The molecule has 1 aromatic heterocycles. The zero-order valence-corrected chi connectivity index (χ0v) is 20.6. The molecule has 0 bridgehead atoms. The number of hydrogen-bond donors (Lipinski definition) is 1. The van der Waals surface area contributed by atoms with Crippen molar-refractivity contribution >= 4 is 58.4 Å². The van der Waals surface area contributed by atoms with Crippen molar-refractivity contribution in [2.75, 3.05) is 31.6 Å². The number of thioether (sulfide) groups is 1. The first-order chi connectivity index (χ1) is 15.8. The number of methoxy groups -OCH3 is 1. The second-order valence-electron chi connectivity index (χ2n) is 8.17. The van der Waals surface area contributed by atoms with Crippen molar-refractivity contribution in [2.24, 2.45) is 0 Å². The Labute approximate surface area is 204 Å². The van der Waals surface area contributed by atoms with Crippen LogP contribution >= 0.6 is 34.7 Å². The highest BCUT2D eigenvalue weighted by Gasteiger charge is 2.50. The van der Waals surface area contributed by atoms with E-state index in [1.54, 1.807) is 22.1 Å². The van der Waals surface area contributed by atoms with E-state index in [0.29, 0.717) is 42.5 Å². The van der Waals surface area contributed by atoms with Crippen LogP contribution in [0, 0.1) is 0 Å². The quantitative estimate of drug-likeness (QED) is 0.586. The van der Waals surface area contributed by atoms with Crippen molar-refractivity contribution < 1.29 is 24.2 Å². The molecule has 4 rings (SSSR count). The van der Waals surface area contributed by atoms with Gasteiger partial charge in [-0.15, -0.1) is 11.3 Å². The molecule has 2 atom stereocenters. The van der Waals surface area contributed by atoms with E-state index in [0.717, 1.165) is 15.5 Å². The second kappa shape index (κ2) is 9.52. The molecule has 8 nitrogen and oxygen atoms in total. The molecule has 0 saturated carbocycles. The number of thiazole rings is 1. The number of hydrogen-bond acceptors (Lipinski definition) is 7. The molecule has 0 radical (unpaired) electrons. The van der Waals surface area contributed by atoms with Gasteiger partial charge in [-0.2, -0.15) is 0 Å². The molecule has 176 valence electrons. The minimum atomic E-state index is -0.858. The largest absolute Gasteiger partial charge is 0.480 e. The van der Waals surface area contributed by atoms with Gasteiger partial charge in [-0.1, -0.05) is 30.3 Å². The predicted octanol–water partition coefficient (Wildman–Crippen LogP) is 4.05. The average molecular weight is 510 g/mol. The maximum Gasteiger partial charge on any atom is 0.409 e. The van der Waals surface area contributed by atoms with Gasteiger partial charge in [0, 0.05) is 35.8 Å². The van der Waals surface area contributed by atoms with Gasteiger partial charge in [-0.05, 0) is 36.6 Å². The van der Waals surface area contributed by atoms with Crippen molar-refractivity contribution in [3.63, 3.8) is 0 Å². The van der Waals surface area contributed by atoms with Crippen molar-refractivity contribution in [1.82, 2.24) is 9.88 Å². The van der Waals surface area contributed by atoms with E-state index >= 15 is 0 Å². The molecular formula is C22H24ClN3O5S2. The van der Waals surface area contributed by atoms with Crippen LogP contribution in [0.4, 0.5) is 10.5 Å². The molecule has 2 unspecified atom stereocenters. The monoisotopic (exact) mass is 509 g/mol. The van der Waals surface area contributed by atoms with E-state index in [1.165, 1.54) is 30.2 Å². The summed E-state index contributed by atoms with van der Waals surface area (Å²) < 4.78 is 5.67. The molecule has 0 aliphatic carbocycles. The Morgan fingerprint density at radius 2 is 2.15 bits per heavy atom. The summed E-state index contributed by atoms with van der Waals surface area (Å²) in [6, 6.07) is 5.51. The number of halogens is 1. The Morgan fingerprint density at radius 3 is 2.85 bits per heavy atom. The number of amides is 2. The highest BCUT2D eigenvalue weighted by atomic mass is 35.5. The molecule has 1 spiro atoms. The summed E-state index contributed by atoms with van der Waals surface area (Å²) in [5.41, 5.74) is 1.39. The lowest BCUT2D eigenvalue weighted by Crippen LogP contribution is -2.40. The molecule has 2 amide bonds.